The summed E-state index contributed by atoms with van der Waals surface area (Å²) in [5.74, 6) is -1.68. The molecule has 162 valence electrons. The molecule has 1 unspecified atom stereocenters. The fourth-order valence-corrected chi connectivity index (χ4v) is 4.12. The Morgan fingerprint density at radius 3 is 2.81 bits per heavy atom. The molecule has 2 heterocycles. The number of hydrogen-bond donors (Lipinski definition) is 2. The molecule has 31 heavy (non-hydrogen) atoms. The lowest BCUT2D eigenvalue weighted by Crippen LogP contribution is -2.40. The Morgan fingerprint density at radius 1 is 1.10 bits per heavy atom. The summed E-state index contributed by atoms with van der Waals surface area (Å²) in [5, 5.41) is 3.82. The van der Waals surface area contributed by atoms with Gasteiger partial charge in [-0.15, -0.1) is 0 Å². The fourth-order valence-electron chi connectivity index (χ4n) is 4.12. The number of H-pyrrole nitrogens is 1. The zero-order chi connectivity index (χ0) is 21.8. The average Bonchev–Trinajstić information content (AvgIpc) is 3.26. The number of halogens is 2. The molecule has 2 aromatic carbocycles. The number of nitrogens with one attached hydrogen (secondary N) is 2. The molecule has 7 heteroatoms. The first-order valence-corrected chi connectivity index (χ1v) is 10.6. The number of likely N-dealkylation sites (tertiary alicyclic amines) is 1. The molecule has 1 fully saturated rings. The van der Waals surface area contributed by atoms with Crippen LogP contribution in [0, 0.1) is 17.6 Å². The van der Waals surface area contributed by atoms with Crippen molar-refractivity contribution in [1.82, 2.24) is 15.2 Å². The molecule has 1 atom stereocenters. The van der Waals surface area contributed by atoms with Crippen molar-refractivity contribution in [2.24, 2.45) is 5.92 Å². The molecule has 4 rings (SSSR count). The normalized spacial score (nSPS) is 16.5. The minimum atomic E-state index is -0.922. The Balaban J connectivity index is 1.26. The number of aromatic nitrogens is 1. The Bertz CT molecular complexity index is 1100. The first-order valence-electron chi connectivity index (χ1n) is 10.6. The standard InChI is InChI=1S/C24H25F2N3O2/c25-20-7-3-17(12-21(20)26)14-28-23(30)8-4-16-2-1-11-29(15-16)24(31)19-6-5-18-9-10-27-22(18)13-19/h3,5-7,9-10,12-13,16,27H,1-2,4,8,11,14-15H2,(H,28,30). The van der Waals surface area contributed by atoms with Gasteiger partial charge in [0, 0.05) is 43.3 Å². The molecule has 0 saturated carbocycles. The van der Waals surface area contributed by atoms with E-state index in [0.717, 1.165) is 42.4 Å². The van der Waals surface area contributed by atoms with Crippen molar-refractivity contribution in [2.45, 2.75) is 32.2 Å². The van der Waals surface area contributed by atoms with Gasteiger partial charge in [-0.1, -0.05) is 12.1 Å². The Labute approximate surface area is 179 Å². The number of rotatable bonds is 6. The van der Waals surface area contributed by atoms with E-state index >= 15 is 0 Å². The smallest absolute Gasteiger partial charge is 0.253 e. The molecular weight excluding hydrogens is 400 g/mol. The van der Waals surface area contributed by atoms with Crippen LogP contribution < -0.4 is 5.32 Å². The molecule has 1 aliphatic rings. The van der Waals surface area contributed by atoms with Gasteiger partial charge in [0.1, 0.15) is 0 Å². The topological polar surface area (TPSA) is 65.2 Å². The molecule has 1 aromatic heterocycles. The zero-order valence-corrected chi connectivity index (χ0v) is 17.2. The maximum Gasteiger partial charge on any atom is 0.253 e. The van der Waals surface area contributed by atoms with Gasteiger partial charge in [-0.25, -0.2) is 8.78 Å². The minimum absolute atomic E-state index is 0.0176. The van der Waals surface area contributed by atoms with E-state index < -0.39 is 11.6 Å². The molecule has 2 N–H and O–H groups in total. The summed E-state index contributed by atoms with van der Waals surface area (Å²) >= 11 is 0. The first kappa shape index (κ1) is 21.0. The third-order valence-electron chi connectivity index (χ3n) is 5.86. The quantitative estimate of drug-likeness (QED) is 0.615. The van der Waals surface area contributed by atoms with Crippen molar-refractivity contribution < 1.29 is 18.4 Å². The average molecular weight is 425 g/mol. The fraction of sp³-hybridized carbons (Fsp3) is 0.333. The lowest BCUT2D eigenvalue weighted by Gasteiger charge is -2.33. The van der Waals surface area contributed by atoms with Gasteiger partial charge < -0.3 is 15.2 Å². The lowest BCUT2D eigenvalue weighted by atomic mass is 9.92. The van der Waals surface area contributed by atoms with E-state index in [9.17, 15) is 18.4 Å². The zero-order valence-electron chi connectivity index (χ0n) is 17.2. The Kier molecular flexibility index (Phi) is 6.30. The number of amides is 2. The third kappa shape index (κ3) is 5.10. The van der Waals surface area contributed by atoms with E-state index in [1.54, 1.807) is 0 Å². The van der Waals surface area contributed by atoms with Crippen molar-refractivity contribution in [1.29, 1.82) is 0 Å². The number of benzene rings is 2. The second kappa shape index (κ2) is 9.29. The van der Waals surface area contributed by atoms with Crippen LogP contribution in [0.15, 0.2) is 48.7 Å². The highest BCUT2D eigenvalue weighted by molar-refractivity contribution is 5.98. The van der Waals surface area contributed by atoms with Gasteiger partial charge in [0.05, 0.1) is 0 Å². The highest BCUT2D eigenvalue weighted by atomic mass is 19.2. The molecule has 3 aromatic rings. The Morgan fingerprint density at radius 2 is 1.97 bits per heavy atom. The van der Waals surface area contributed by atoms with Gasteiger partial charge in [-0.05, 0) is 66.5 Å². The number of fused-ring (bicyclic) bond motifs is 1. The van der Waals surface area contributed by atoms with Crippen LogP contribution in [0.1, 0.15) is 41.6 Å². The van der Waals surface area contributed by atoms with E-state index in [0.29, 0.717) is 30.5 Å². The van der Waals surface area contributed by atoms with E-state index in [1.807, 2.05) is 35.4 Å². The predicted molar refractivity (Wildman–Crippen MR) is 114 cm³/mol. The SMILES string of the molecule is O=C(CCC1CCCN(C(=O)c2ccc3cc[nH]c3c2)C1)NCc1ccc(F)c(F)c1. The number of carbonyl (C=O) groups is 2. The summed E-state index contributed by atoms with van der Waals surface area (Å²) in [6.45, 7) is 1.52. The van der Waals surface area contributed by atoms with Crippen LogP contribution in [0.2, 0.25) is 0 Å². The van der Waals surface area contributed by atoms with Crippen molar-refractivity contribution in [3.8, 4) is 0 Å². The molecule has 2 amide bonds. The summed E-state index contributed by atoms with van der Waals surface area (Å²) in [7, 11) is 0. The van der Waals surface area contributed by atoms with Gasteiger partial charge in [0.25, 0.3) is 5.91 Å². The largest absolute Gasteiger partial charge is 0.361 e. The number of piperidine rings is 1. The first-order chi connectivity index (χ1) is 15.0. The van der Waals surface area contributed by atoms with Crippen LogP contribution in [0.4, 0.5) is 8.78 Å². The number of carbonyl (C=O) groups excluding carboxylic acids is 2. The molecule has 5 nitrogen and oxygen atoms in total. The van der Waals surface area contributed by atoms with E-state index in [2.05, 4.69) is 10.3 Å². The van der Waals surface area contributed by atoms with E-state index in [1.165, 1.54) is 6.07 Å². The van der Waals surface area contributed by atoms with Crippen molar-refractivity contribution >= 4 is 22.7 Å². The molecule has 1 saturated heterocycles. The van der Waals surface area contributed by atoms with Crippen LogP contribution >= 0.6 is 0 Å². The maximum absolute atomic E-state index is 13.3. The van der Waals surface area contributed by atoms with Gasteiger partial charge in [-0.3, -0.25) is 9.59 Å². The number of aromatic amines is 1. The lowest BCUT2D eigenvalue weighted by molar-refractivity contribution is -0.121. The van der Waals surface area contributed by atoms with Gasteiger partial charge in [-0.2, -0.15) is 0 Å². The van der Waals surface area contributed by atoms with E-state index in [-0.39, 0.29) is 24.3 Å². The molecular formula is C24H25F2N3O2. The highest BCUT2D eigenvalue weighted by Gasteiger charge is 2.25. The summed E-state index contributed by atoms with van der Waals surface area (Å²) in [5.41, 5.74) is 2.12. The van der Waals surface area contributed by atoms with Crippen LogP contribution in [0.5, 0.6) is 0 Å². The predicted octanol–water partition coefficient (Wildman–Crippen LogP) is 4.39. The van der Waals surface area contributed by atoms with Gasteiger partial charge in [0.15, 0.2) is 11.6 Å². The molecule has 0 aliphatic carbocycles. The van der Waals surface area contributed by atoms with Crippen molar-refractivity contribution in [3.63, 3.8) is 0 Å². The minimum Gasteiger partial charge on any atom is -0.361 e. The maximum atomic E-state index is 13.3. The van der Waals surface area contributed by atoms with Crippen molar-refractivity contribution in [3.05, 3.63) is 71.4 Å². The van der Waals surface area contributed by atoms with Gasteiger partial charge >= 0.3 is 0 Å². The molecule has 0 bridgehead atoms. The molecule has 0 radical (unpaired) electrons. The second-order valence-corrected chi connectivity index (χ2v) is 8.10. The van der Waals surface area contributed by atoms with Crippen molar-refractivity contribution in [2.75, 3.05) is 13.1 Å². The third-order valence-corrected chi connectivity index (χ3v) is 5.86. The van der Waals surface area contributed by atoms with Crippen LogP contribution in [-0.4, -0.2) is 34.8 Å². The molecule has 0 spiro atoms. The summed E-state index contributed by atoms with van der Waals surface area (Å²) in [4.78, 5) is 30.1. The number of hydrogen-bond acceptors (Lipinski definition) is 2. The second-order valence-electron chi connectivity index (χ2n) is 8.10. The van der Waals surface area contributed by atoms with Crippen LogP contribution in [0.3, 0.4) is 0 Å². The Hall–Kier alpha value is -3.22. The van der Waals surface area contributed by atoms with Crippen LogP contribution in [-0.2, 0) is 11.3 Å². The van der Waals surface area contributed by atoms with E-state index in [4.69, 9.17) is 0 Å². The summed E-state index contributed by atoms with van der Waals surface area (Å²) in [6.07, 6.45) is 4.77. The summed E-state index contributed by atoms with van der Waals surface area (Å²) < 4.78 is 26.2. The molecule has 1 aliphatic heterocycles. The van der Waals surface area contributed by atoms with Gasteiger partial charge in [0.2, 0.25) is 5.91 Å². The number of nitrogens with zero attached hydrogens (tertiary/aromatic N) is 1. The monoisotopic (exact) mass is 425 g/mol. The summed E-state index contributed by atoms with van der Waals surface area (Å²) in [6, 6.07) is 11.2. The van der Waals surface area contributed by atoms with Crippen LogP contribution in [0.25, 0.3) is 10.9 Å². The highest BCUT2D eigenvalue weighted by Crippen LogP contribution is 2.23.